The van der Waals surface area contributed by atoms with Crippen LogP contribution in [0.2, 0.25) is 0 Å². The standard InChI is InChI=1S/C16H18N2O3S/c1-12-15-4-3-9-17(15)10-11-18(12)16(19)13-5-7-14(8-6-13)22(2,20)21/h3-9,12H,10-11H2,1-2H3. The summed E-state index contributed by atoms with van der Waals surface area (Å²) in [6.07, 6.45) is 3.18. The van der Waals surface area contributed by atoms with E-state index in [4.69, 9.17) is 0 Å². The minimum atomic E-state index is -3.24. The van der Waals surface area contributed by atoms with Crippen LogP contribution in [0.25, 0.3) is 0 Å². The van der Waals surface area contributed by atoms with E-state index >= 15 is 0 Å². The lowest BCUT2D eigenvalue weighted by Crippen LogP contribution is -2.40. The molecule has 3 rings (SSSR count). The molecule has 0 radical (unpaired) electrons. The number of fused-ring (bicyclic) bond motifs is 1. The molecule has 1 amide bonds. The molecule has 6 heteroatoms. The van der Waals surface area contributed by atoms with Crippen molar-refractivity contribution in [3.63, 3.8) is 0 Å². The van der Waals surface area contributed by atoms with Gasteiger partial charge in [0.05, 0.1) is 10.9 Å². The fourth-order valence-corrected chi connectivity index (χ4v) is 3.50. The van der Waals surface area contributed by atoms with Crippen LogP contribution in [0.3, 0.4) is 0 Å². The van der Waals surface area contributed by atoms with Crippen LogP contribution in [-0.2, 0) is 16.4 Å². The molecule has 1 aromatic heterocycles. The van der Waals surface area contributed by atoms with Crippen LogP contribution >= 0.6 is 0 Å². The Morgan fingerprint density at radius 3 is 2.45 bits per heavy atom. The number of hydrogen-bond donors (Lipinski definition) is 0. The zero-order valence-corrected chi connectivity index (χ0v) is 13.4. The van der Waals surface area contributed by atoms with Crippen molar-refractivity contribution in [3.8, 4) is 0 Å². The third-order valence-corrected chi connectivity index (χ3v) is 5.26. The number of aromatic nitrogens is 1. The first-order valence-corrected chi connectivity index (χ1v) is 9.03. The summed E-state index contributed by atoms with van der Waals surface area (Å²) < 4.78 is 25.1. The molecule has 0 aliphatic carbocycles. The molecule has 1 unspecified atom stereocenters. The Labute approximate surface area is 130 Å². The van der Waals surface area contributed by atoms with Crippen LogP contribution < -0.4 is 0 Å². The van der Waals surface area contributed by atoms with Crippen LogP contribution in [0.4, 0.5) is 0 Å². The molecular formula is C16H18N2O3S. The summed E-state index contributed by atoms with van der Waals surface area (Å²) in [5.41, 5.74) is 1.63. The predicted molar refractivity (Wildman–Crippen MR) is 83.4 cm³/mol. The molecular weight excluding hydrogens is 300 g/mol. The lowest BCUT2D eigenvalue weighted by molar-refractivity contribution is 0.0644. The number of amides is 1. The van der Waals surface area contributed by atoms with Gasteiger partial charge < -0.3 is 9.47 Å². The highest BCUT2D eigenvalue weighted by atomic mass is 32.2. The average Bonchev–Trinajstić information content (AvgIpc) is 2.96. The molecule has 1 aliphatic rings. The van der Waals surface area contributed by atoms with Gasteiger partial charge in [-0.2, -0.15) is 0 Å². The minimum Gasteiger partial charge on any atom is -0.348 e. The van der Waals surface area contributed by atoms with Crippen LogP contribution in [0.15, 0.2) is 47.5 Å². The lowest BCUT2D eigenvalue weighted by Gasteiger charge is -2.35. The van der Waals surface area contributed by atoms with Crippen LogP contribution in [-0.4, -0.2) is 36.6 Å². The van der Waals surface area contributed by atoms with E-state index in [1.54, 1.807) is 12.1 Å². The molecule has 0 fully saturated rings. The highest BCUT2D eigenvalue weighted by molar-refractivity contribution is 7.90. The summed E-state index contributed by atoms with van der Waals surface area (Å²) in [5, 5.41) is 0. The van der Waals surface area contributed by atoms with Crippen molar-refractivity contribution in [3.05, 3.63) is 53.9 Å². The van der Waals surface area contributed by atoms with Gasteiger partial charge in [0.25, 0.3) is 5.91 Å². The van der Waals surface area contributed by atoms with Crippen LogP contribution in [0.5, 0.6) is 0 Å². The zero-order valence-electron chi connectivity index (χ0n) is 12.6. The molecule has 22 heavy (non-hydrogen) atoms. The maximum absolute atomic E-state index is 12.7. The molecule has 0 N–H and O–H groups in total. The number of carbonyl (C=O) groups is 1. The van der Waals surface area contributed by atoms with E-state index in [-0.39, 0.29) is 16.8 Å². The van der Waals surface area contributed by atoms with E-state index in [0.29, 0.717) is 12.1 Å². The highest BCUT2D eigenvalue weighted by Crippen LogP contribution is 2.27. The Morgan fingerprint density at radius 1 is 1.14 bits per heavy atom. The summed E-state index contributed by atoms with van der Waals surface area (Å²) >= 11 is 0. The molecule has 116 valence electrons. The Hall–Kier alpha value is -2.08. The number of sulfone groups is 1. The largest absolute Gasteiger partial charge is 0.348 e. The van der Waals surface area contributed by atoms with Crippen molar-refractivity contribution < 1.29 is 13.2 Å². The Kier molecular flexibility index (Phi) is 3.56. The van der Waals surface area contributed by atoms with Gasteiger partial charge in [-0.05, 0) is 43.3 Å². The Morgan fingerprint density at radius 2 is 1.82 bits per heavy atom. The van der Waals surface area contributed by atoms with Gasteiger partial charge in [0.1, 0.15) is 0 Å². The number of rotatable bonds is 2. The first-order chi connectivity index (χ1) is 10.4. The van der Waals surface area contributed by atoms with Gasteiger partial charge in [0.15, 0.2) is 9.84 Å². The number of benzene rings is 1. The van der Waals surface area contributed by atoms with Gasteiger partial charge in [0, 0.05) is 36.8 Å². The van der Waals surface area contributed by atoms with Crippen molar-refractivity contribution >= 4 is 15.7 Å². The van der Waals surface area contributed by atoms with Gasteiger partial charge in [-0.15, -0.1) is 0 Å². The summed E-state index contributed by atoms with van der Waals surface area (Å²) in [4.78, 5) is 14.7. The Bertz CT molecular complexity index is 806. The second kappa shape index (κ2) is 5.28. The summed E-state index contributed by atoms with van der Waals surface area (Å²) in [5.74, 6) is -0.0694. The first-order valence-electron chi connectivity index (χ1n) is 7.14. The van der Waals surface area contributed by atoms with E-state index in [9.17, 15) is 13.2 Å². The first kappa shape index (κ1) is 14.8. The van der Waals surface area contributed by atoms with E-state index in [2.05, 4.69) is 4.57 Å². The maximum Gasteiger partial charge on any atom is 0.254 e. The number of nitrogens with zero attached hydrogens (tertiary/aromatic N) is 2. The summed E-state index contributed by atoms with van der Waals surface area (Å²) in [6, 6.07) is 10.2. The smallest absolute Gasteiger partial charge is 0.254 e. The lowest BCUT2D eigenvalue weighted by atomic mass is 10.1. The van der Waals surface area contributed by atoms with Gasteiger partial charge in [0.2, 0.25) is 0 Å². The highest BCUT2D eigenvalue weighted by Gasteiger charge is 2.28. The van der Waals surface area contributed by atoms with Crippen molar-refractivity contribution in [2.24, 2.45) is 0 Å². The topological polar surface area (TPSA) is 59.4 Å². The van der Waals surface area contributed by atoms with Gasteiger partial charge in [-0.1, -0.05) is 0 Å². The van der Waals surface area contributed by atoms with Crippen LogP contribution in [0.1, 0.15) is 29.0 Å². The number of carbonyl (C=O) groups excluding carboxylic acids is 1. The van der Waals surface area contributed by atoms with Gasteiger partial charge in [-0.25, -0.2) is 8.42 Å². The van der Waals surface area contributed by atoms with E-state index in [1.165, 1.54) is 12.1 Å². The van der Waals surface area contributed by atoms with E-state index in [1.807, 2.05) is 30.2 Å². The third-order valence-electron chi connectivity index (χ3n) is 4.13. The quantitative estimate of drug-likeness (QED) is 0.852. The Balaban J connectivity index is 1.86. The molecule has 1 atom stereocenters. The van der Waals surface area contributed by atoms with Crippen molar-refractivity contribution in [2.45, 2.75) is 24.4 Å². The molecule has 1 aliphatic heterocycles. The maximum atomic E-state index is 12.7. The summed E-state index contributed by atoms with van der Waals surface area (Å²) in [7, 11) is -3.24. The molecule has 5 nitrogen and oxygen atoms in total. The summed E-state index contributed by atoms with van der Waals surface area (Å²) in [6.45, 7) is 3.43. The third kappa shape index (κ3) is 2.54. The van der Waals surface area contributed by atoms with Gasteiger partial charge in [-0.3, -0.25) is 4.79 Å². The molecule has 1 aromatic carbocycles. The average molecular weight is 318 g/mol. The monoisotopic (exact) mass is 318 g/mol. The van der Waals surface area contributed by atoms with Crippen molar-refractivity contribution in [1.82, 2.24) is 9.47 Å². The van der Waals surface area contributed by atoms with E-state index in [0.717, 1.165) is 18.5 Å². The fraction of sp³-hybridized carbons (Fsp3) is 0.312. The normalized spacial score (nSPS) is 18.1. The molecule has 0 bridgehead atoms. The second-order valence-corrected chi connectivity index (χ2v) is 7.61. The van der Waals surface area contributed by atoms with Crippen molar-refractivity contribution in [2.75, 3.05) is 12.8 Å². The van der Waals surface area contributed by atoms with Gasteiger partial charge >= 0.3 is 0 Å². The fourth-order valence-electron chi connectivity index (χ4n) is 2.87. The minimum absolute atomic E-state index is 0.00540. The predicted octanol–water partition coefficient (Wildman–Crippen LogP) is 2.11. The molecule has 2 aromatic rings. The number of hydrogen-bond acceptors (Lipinski definition) is 3. The molecule has 0 saturated heterocycles. The molecule has 0 spiro atoms. The second-order valence-electron chi connectivity index (χ2n) is 5.60. The SMILES string of the molecule is CC1c2cccn2CCN1C(=O)c1ccc(S(C)(=O)=O)cc1. The van der Waals surface area contributed by atoms with Crippen LogP contribution in [0, 0.1) is 0 Å². The van der Waals surface area contributed by atoms with Crippen molar-refractivity contribution in [1.29, 1.82) is 0 Å². The zero-order chi connectivity index (χ0) is 15.9. The van der Waals surface area contributed by atoms with E-state index < -0.39 is 9.84 Å². The molecule has 2 heterocycles. The molecule has 0 saturated carbocycles.